The van der Waals surface area contributed by atoms with Crippen molar-refractivity contribution in [3.8, 4) is 0 Å². The van der Waals surface area contributed by atoms with Gasteiger partial charge in [0.15, 0.2) is 0 Å². The molecule has 0 radical (unpaired) electrons. The minimum Gasteiger partial charge on any atom is -0.270 e. The summed E-state index contributed by atoms with van der Waals surface area (Å²) in [5.74, 6) is 0. The number of nitrogens with zero attached hydrogens (tertiary/aromatic N) is 2. The molecule has 0 aliphatic heterocycles. The van der Waals surface area contributed by atoms with Gasteiger partial charge in [-0.05, 0) is 30.7 Å². The van der Waals surface area contributed by atoms with Gasteiger partial charge in [-0.3, -0.25) is 4.68 Å². The molecule has 1 atom stereocenters. The quantitative estimate of drug-likeness (QED) is 0.717. The topological polar surface area (TPSA) is 17.8 Å². The Hall–Kier alpha value is -0.500. The van der Waals surface area contributed by atoms with Crippen molar-refractivity contribution in [1.29, 1.82) is 0 Å². The minimum absolute atomic E-state index is 0.178. The maximum absolute atomic E-state index is 6.37. The molecule has 0 spiro atoms. The summed E-state index contributed by atoms with van der Waals surface area (Å²) in [6, 6.07) is 2.10. The molecule has 0 fully saturated rings. The van der Waals surface area contributed by atoms with E-state index in [-0.39, 0.29) is 10.8 Å². The van der Waals surface area contributed by atoms with Gasteiger partial charge < -0.3 is 0 Å². The SMILES string of the molecule is CCCn1nccc1CCC(Cl)C(C)(C)C. The summed E-state index contributed by atoms with van der Waals surface area (Å²) >= 11 is 6.37. The monoisotopic (exact) mass is 242 g/mol. The average molecular weight is 243 g/mol. The van der Waals surface area contributed by atoms with Crippen LogP contribution in [-0.2, 0) is 13.0 Å². The minimum atomic E-state index is 0.178. The largest absolute Gasteiger partial charge is 0.270 e. The average Bonchev–Trinajstić information content (AvgIpc) is 2.61. The van der Waals surface area contributed by atoms with Crippen LogP contribution in [0.1, 0.15) is 46.2 Å². The van der Waals surface area contributed by atoms with E-state index in [0.29, 0.717) is 0 Å². The second-order valence-corrected chi connectivity index (χ2v) is 5.94. The van der Waals surface area contributed by atoms with Crippen LogP contribution < -0.4 is 0 Å². The first-order valence-electron chi connectivity index (χ1n) is 6.10. The standard InChI is InChI=1S/C13H23ClN2/c1-5-10-16-11(8-9-15-16)6-7-12(14)13(2,3)4/h8-9,12H,5-7,10H2,1-4H3. The summed E-state index contributed by atoms with van der Waals surface area (Å²) in [5.41, 5.74) is 1.48. The van der Waals surface area contributed by atoms with E-state index in [1.165, 1.54) is 5.69 Å². The van der Waals surface area contributed by atoms with Gasteiger partial charge in [0.1, 0.15) is 0 Å². The summed E-state index contributed by atoms with van der Waals surface area (Å²) in [4.78, 5) is 0. The lowest BCUT2D eigenvalue weighted by molar-refractivity contribution is 0.371. The van der Waals surface area contributed by atoms with Crippen molar-refractivity contribution in [3.63, 3.8) is 0 Å². The summed E-state index contributed by atoms with van der Waals surface area (Å²) in [7, 11) is 0. The molecule has 0 amide bonds. The van der Waals surface area contributed by atoms with Crippen molar-refractivity contribution >= 4 is 11.6 Å². The van der Waals surface area contributed by atoms with Crippen molar-refractivity contribution in [2.45, 2.75) is 58.9 Å². The number of hydrogen-bond acceptors (Lipinski definition) is 1. The summed E-state index contributed by atoms with van der Waals surface area (Å²) in [6.07, 6.45) is 5.04. The molecule has 1 unspecified atom stereocenters. The summed E-state index contributed by atoms with van der Waals surface area (Å²) < 4.78 is 2.09. The van der Waals surface area contributed by atoms with Gasteiger partial charge in [0.25, 0.3) is 0 Å². The van der Waals surface area contributed by atoms with Crippen molar-refractivity contribution in [1.82, 2.24) is 9.78 Å². The van der Waals surface area contributed by atoms with E-state index < -0.39 is 0 Å². The van der Waals surface area contributed by atoms with Crippen LogP contribution >= 0.6 is 11.6 Å². The van der Waals surface area contributed by atoms with E-state index >= 15 is 0 Å². The molecule has 3 heteroatoms. The van der Waals surface area contributed by atoms with Gasteiger partial charge in [-0.15, -0.1) is 11.6 Å². The highest BCUT2D eigenvalue weighted by molar-refractivity contribution is 6.21. The highest BCUT2D eigenvalue weighted by atomic mass is 35.5. The van der Waals surface area contributed by atoms with Crippen LogP contribution in [0, 0.1) is 5.41 Å². The normalized spacial score (nSPS) is 14.1. The molecule has 1 aromatic rings. The molecule has 1 aromatic heterocycles. The predicted molar refractivity (Wildman–Crippen MR) is 69.9 cm³/mol. The molecule has 0 N–H and O–H groups in total. The molecule has 0 aliphatic carbocycles. The Kier molecular flexibility index (Phi) is 4.85. The maximum atomic E-state index is 6.37. The van der Waals surface area contributed by atoms with Gasteiger partial charge in [0, 0.05) is 23.8 Å². The Morgan fingerprint density at radius 2 is 2.12 bits per heavy atom. The van der Waals surface area contributed by atoms with Crippen LogP contribution in [-0.4, -0.2) is 15.2 Å². The van der Waals surface area contributed by atoms with Gasteiger partial charge in [-0.2, -0.15) is 5.10 Å². The van der Waals surface area contributed by atoms with Gasteiger partial charge in [0.05, 0.1) is 0 Å². The summed E-state index contributed by atoms with van der Waals surface area (Å²) in [6.45, 7) is 9.74. The lowest BCUT2D eigenvalue weighted by Crippen LogP contribution is -2.21. The Balaban J connectivity index is 2.51. The van der Waals surface area contributed by atoms with Gasteiger partial charge in [-0.1, -0.05) is 27.7 Å². The summed E-state index contributed by atoms with van der Waals surface area (Å²) in [5, 5.41) is 4.54. The predicted octanol–water partition coefficient (Wildman–Crippen LogP) is 3.88. The molecular formula is C13H23ClN2. The third-order valence-corrected chi connectivity index (χ3v) is 3.71. The van der Waals surface area contributed by atoms with E-state index in [1.54, 1.807) is 0 Å². The van der Waals surface area contributed by atoms with E-state index in [2.05, 4.69) is 43.5 Å². The van der Waals surface area contributed by atoms with Crippen molar-refractivity contribution in [2.75, 3.05) is 0 Å². The lowest BCUT2D eigenvalue weighted by Gasteiger charge is -2.25. The van der Waals surface area contributed by atoms with Gasteiger partial charge in [0.2, 0.25) is 0 Å². The molecule has 0 aliphatic rings. The van der Waals surface area contributed by atoms with Crippen molar-refractivity contribution in [2.24, 2.45) is 5.41 Å². The fourth-order valence-corrected chi connectivity index (χ4v) is 1.80. The molecule has 0 bridgehead atoms. The van der Waals surface area contributed by atoms with E-state index in [0.717, 1.165) is 25.8 Å². The second kappa shape index (κ2) is 5.72. The molecule has 92 valence electrons. The molecule has 0 aromatic carbocycles. The van der Waals surface area contributed by atoms with Crippen LogP contribution in [0.4, 0.5) is 0 Å². The first kappa shape index (κ1) is 13.6. The first-order chi connectivity index (χ1) is 7.45. The fraction of sp³-hybridized carbons (Fsp3) is 0.769. The molecule has 0 saturated heterocycles. The number of hydrogen-bond donors (Lipinski definition) is 0. The van der Waals surface area contributed by atoms with E-state index in [9.17, 15) is 0 Å². The lowest BCUT2D eigenvalue weighted by atomic mass is 9.89. The Labute approximate surface area is 104 Å². The Bertz CT molecular complexity index is 312. The van der Waals surface area contributed by atoms with Crippen LogP contribution in [0.5, 0.6) is 0 Å². The maximum Gasteiger partial charge on any atom is 0.0492 e. The molecular weight excluding hydrogens is 220 g/mol. The van der Waals surface area contributed by atoms with Crippen molar-refractivity contribution in [3.05, 3.63) is 18.0 Å². The van der Waals surface area contributed by atoms with Crippen LogP contribution in [0.25, 0.3) is 0 Å². The molecule has 1 rings (SSSR count). The number of rotatable bonds is 5. The van der Waals surface area contributed by atoms with Crippen LogP contribution in [0.3, 0.4) is 0 Å². The van der Waals surface area contributed by atoms with Crippen molar-refractivity contribution < 1.29 is 0 Å². The smallest absolute Gasteiger partial charge is 0.0492 e. The van der Waals surface area contributed by atoms with Gasteiger partial charge >= 0.3 is 0 Å². The molecule has 16 heavy (non-hydrogen) atoms. The zero-order chi connectivity index (χ0) is 12.2. The first-order valence-corrected chi connectivity index (χ1v) is 6.53. The Morgan fingerprint density at radius 3 is 2.69 bits per heavy atom. The number of aryl methyl sites for hydroxylation is 2. The van der Waals surface area contributed by atoms with E-state index in [1.807, 2.05) is 6.20 Å². The third kappa shape index (κ3) is 3.82. The Morgan fingerprint density at radius 1 is 1.44 bits per heavy atom. The van der Waals surface area contributed by atoms with Gasteiger partial charge in [-0.25, -0.2) is 0 Å². The third-order valence-electron chi connectivity index (χ3n) is 2.83. The highest BCUT2D eigenvalue weighted by Crippen LogP contribution is 2.28. The van der Waals surface area contributed by atoms with Crippen LogP contribution in [0.2, 0.25) is 0 Å². The zero-order valence-corrected chi connectivity index (χ0v) is 11.6. The second-order valence-electron chi connectivity index (χ2n) is 5.42. The highest BCUT2D eigenvalue weighted by Gasteiger charge is 2.22. The number of halogens is 1. The fourth-order valence-electron chi connectivity index (χ4n) is 1.69. The number of alkyl halides is 1. The number of aromatic nitrogens is 2. The molecule has 0 saturated carbocycles. The molecule has 1 heterocycles. The van der Waals surface area contributed by atoms with Crippen LogP contribution in [0.15, 0.2) is 12.3 Å². The van der Waals surface area contributed by atoms with E-state index in [4.69, 9.17) is 11.6 Å². The zero-order valence-electron chi connectivity index (χ0n) is 10.8. The molecule has 2 nitrogen and oxygen atoms in total.